The van der Waals surface area contributed by atoms with Gasteiger partial charge < -0.3 is 5.11 Å². The van der Waals surface area contributed by atoms with Crippen molar-refractivity contribution in [1.29, 1.82) is 0 Å². The first kappa shape index (κ1) is 14.1. The molecule has 0 saturated carbocycles. The standard InChI is InChI=1S/C11H18N2O3S/c1-3-4-9(2)13-17(15,16)11-6-5-10(8-14)7-12-11/h5-7,9,13-14H,3-4,8H2,1-2H3. The van der Waals surface area contributed by atoms with Crippen molar-refractivity contribution in [3.63, 3.8) is 0 Å². The van der Waals surface area contributed by atoms with E-state index in [-0.39, 0.29) is 17.7 Å². The second-order valence-corrected chi connectivity index (χ2v) is 5.63. The first-order valence-corrected chi connectivity index (χ1v) is 7.06. The third kappa shape index (κ3) is 4.07. The predicted octanol–water partition coefficient (Wildman–Crippen LogP) is 1.04. The van der Waals surface area contributed by atoms with Gasteiger partial charge in [-0.05, 0) is 25.0 Å². The number of aromatic nitrogens is 1. The lowest BCUT2D eigenvalue weighted by molar-refractivity contribution is 0.281. The Morgan fingerprint density at radius 1 is 1.47 bits per heavy atom. The van der Waals surface area contributed by atoms with Gasteiger partial charge in [-0.2, -0.15) is 0 Å². The Hall–Kier alpha value is -0.980. The molecular weight excluding hydrogens is 240 g/mol. The van der Waals surface area contributed by atoms with Crippen molar-refractivity contribution in [2.45, 2.75) is 44.4 Å². The van der Waals surface area contributed by atoms with Gasteiger partial charge in [-0.25, -0.2) is 18.1 Å². The smallest absolute Gasteiger partial charge is 0.258 e. The maximum atomic E-state index is 11.9. The molecule has 0 bridgehead atoms. The number of sulfonamides is 1. The Bertz CT molecular complexity index is 442. The Morgan fingerprint density at radius 3 is 2.65 bits per heavy atom. The van der Waals surface area contributed by atoms with Crippen molar-refractivity contribution in [2.24, 2.45) is 0 Å². The summed E-state index contributed by atoms with van der Waals surface area (Å²) in [5.74, 6) is 0. The summed E-state index contributed by atoms with van der Waals surface area (Å²) < 4.78 is 26.3. The molecule has 1 aromatic heterocycles. The van der Waals surface area contributed by atoms with E-state index in [4.69, 9.17) is 5.11 Å². The summed E-state index contributed by atoms with van der Waals surface area (Å²) >= 11 is 0. The number of aliphatic hydroxyl groups excluding tert-OH is 1. The van der Waals surface area contributed by atoms with Gasteiger partial charge in [-0.15, -0.1) is 0 Å². The number of hydrogen-bond acceptors (Lipinski definition) is 4. The van der Waals surface area contributed by atoms with Gasteiger partial charge in [0.05, 0.1) is 6.61 Å². The molecule has 0 aliphatic rings. The van der Waals surface area contributed by atoms with Crippen LogP contribution in [0.25, 0.3) is 0 Å². The van der Waals surface area contributed by atoms with Crippen molar-refractivity contribution in [3.8, 4) is 0 Å². The quantitative estimate of drug-likeness (QED) is 0.799. The molecule has 1 heterocycles. The average molecular weight is 258 g/mol. The molecule has 0 aliphatic heterocycles. The maximum absolute atomic E-state index is 11.9. The lowest BCUT2D eigenvalue weighted by atomic mass is 10.2. The number of rotatable bonds is 6. The molecule has 2 N–H and O–H groups in total. The molecule has 1 aromatic rings. The fraction of sp³-hybridized carbons (Fsp3) is 0.545. The molecule has 0 radical (unpaired) electrons. The summed E-state index contributed by atoms with van der Waals surface area (Å²) in [6, 6.07) is 2.84. The van der Waals surface area contributed by atoms with Crippen LogP contribution in [0.5, 0.6) is 0 Å². The van der Waals surface area contributed by atoms with Gasteiger partial charge in [0.2, 0.25) is 0 Å². The Kier molecular flexibility index (Phi) is 5.04. The zero-order valence-electron chi connectivity index (χ0n) is 10.0. The molecule has 1 unspecified atom stereocenters. The van der Waals surface area contributed by atoms with Crippen LogP contribution in [0.15, 0.2) is 23.4 Å². The first-order valence-electron chi connectivity index (χ1n) is 5.57. The normalized spacial score (nSPS) is 13.6. The lowest BCUT2D eigenvalue weighted by Gasteiger charge is -2.12. The highest BCUT2D eigenvalue weighted by Crippen LogP contribution is 2.08. The van der Waals surface area contributed by atoms with Crippen molar-refractivity contribution < 1.29 is 13.5 Å². The minimum Gasteiger partial charge on any atom is -0.392 e. The number of hydrogen-bond donors (Lipinski definition) is 2. The number of nitrogens with zero attached hydrogens (tertiary/aromatic N) is 1. The van der Waals surface area contributed by atoms with Crippen LogP contribution in [0.4, 0.5) is 0 Å². The first-order chi connectivity index (χ1) is 7.99. The zero-order valence-corrected chi connectivity index (χ0v) is 10.9. The molecule has 96 valence electrons. The fourth-order valence-electron chi connectivity index (χ4n) is 1.48. The molecule has 6 heteroatoms. The molecule has 1 rings (SSSR count). The van der Waals surface area contributed by atoms with Crippen LogP contribution in [-0.4, -0.2) is 24.6 Å². The molecule has 0 aliphatic carbocycles. The summed E-state index contributed by atoms with van der Waals surface area (Å²) in [5, 5.41) is 8.83. The van der Waals surface area contributed by atoms with E-state index < -0.39 is 10.0 Å². The predicted molar refractivity (Wildman–Crippen MR) is 64.9 cm³/mol. The molecule has 0 amide bonds. The minimum atomic E-state index is -3.55. The van der Waals surface area contributed by atoms with Crippen molar-refractivity contribution >= 4 is 10.0 Å². The van der Waals surface area contributed by atoms with Crippen molar-refractivity contribution in [1.82, 2.24) is 9.71 Å². The van der Waals surface area contributed by atoms with E-state index in [0.717, 1.165) is 12.8 Å². The monoisotopic (exact) mass is 258 g/mol. The van der Waals surface area contributed by atoms with Gasteiger partial charge >= 0.3 is 0 Å². The average Bonchev–Trinajstić information content (AvgIpc) is 2.28. The van der Waals surface area contributed by atoms with Gasteiger partial charge in [0.25, 0.3) is 10.0 Å². The summed E-state index contributed by atoms with van der Waals surface area (Å²) in [6.45, 7) is 3.68. The largest absolute Gasteiger partial charge is 0.392 e. The number of pyridine rings is 1. The van der Waals surface area contributed by atoms with Gasteiger partial charge in [0.1, 0.15) is 0 Å². The summed E-state index contributed by atoms with van der Waals surface area (Å²) in [5.41, 5.74) is 0.588. The van der Waals surface area contributed by atoms with E-state index in [9.17, 15) is 8.42 Å². The zero-order chi connectivity index (χ0) is 12.9. The van der Waals surface area contributed by atoms with Crippen LogP contribution in [0.3, 0.4) is 0 Å². The van der Waals surface area contributed by atoms with Crippen LogP contribution in [0.2, 0.25) is 0 Å². The van der Waals surface area contributed by atoms with Crippen LogP contribution >= 0.6 is 0 Å². The summed E-state index contributed by atoms with van der Waals surface area (Å²) in [4.78, 5) is 3.82. The van der Waals surface area contributed by atoms with Gasteiger partial charge in [0.15, 0.2) is 5.03 Å². The second-order valence-electron chi connectivity index (χ2n) is 3.97. The summed E-state index contributed by atoms with van der Waals surface area (Å²) in [6.07, 6.45) is 3.06. The van der Waals surface area contributed by atoms with E-state index >= 15 is 0 Å². The molecule has 17 heavy (non-hydrogen) atoms. The highest BCUT2D eigenvalue weighted by molar-refractivity contribution is 7.89. The molecule has 1 atom stereocenters. The molecule has 0 spiro atoms. The number of nitrogens with one attached hydrogen (secondary N) is 1. The third-order valence-corrected chi connectivity index (χ3v) is 3.84. The lowest BCUT2D eigenvalue weighted by Crippen LogP contribution is -2.32. The molecule has 0 saturated heterocycles. The molecule has 5 nitrogen and oxygen atoms in total. The Morgan fingerprint density at radius 2 is 2.18 bits per heavy atom. The van der Waals surface area contributed by atoms with Crippen molar-refractivity contribution in [3.05, 3.63) is 23.9 Å². The van der Waals surface area contributed by atoms with Crippen molar-refractivity contribution in [2.75, 3.05) is 0 Å². The molecule has 0 aromatic carbocycles. The third-order valence-electron chi connectivity index (χ3n) is 2.33. The van der Waals surface area contributed by atoms with Gasteiger partial charge in [-0.3, -0.25) is 0 Å². The Labute approximate surface area is 102 Å². The van der Waals surface area contributed by atoms with Crippen LogP contribution in [-0.2, 0) is 16.6 Å². The Balaban J connectivity index is 2.82. The van der Waals surface area contributed by atoms with E-state index in [2.05, 4.69) is 9.71 Å². The highest BCUT2D eigenvalue weighted by Gasteiger charge is 2.17. The van der Waals surface area contributed by atoms with E-state index in [1.807, 2.05) is 13.8 Å². The van der Waals surface area contributed by atoms with E-state index in [0.29, 0.717) is 5.56 Å². The second kappa shape index (κ2) is 6.09. The van der Waals surface area contributed by atoms with Crippen LogP contribution < -0.4 is 4.72 Å². The van der Waals surface area contributed by atoms with E-state index in [1.165, 1.54) is 12.3 Å². The van der Waals surface area contributed by atoms with Gasteiger partial charge in [-0.1, -0.05) is 19.4 Å². The SMILES string of the molecule is CCCC(C)NS(=O)(=O)c1ccc(CO)cn1. The molecule has 0 fully saturated rings. The minimum absolute atomic E-state index is 0.0161. The van der Waals surface area contributed by atoms with Crippen LogP contribution in [0, 0.1) is 0 Å². The van der Waals surface area contributed by atoms with Gasteiger partial charge in [0, 0.05) is 12.2 Å². The molecular formula is C11H18N2O3S. The van der Waals surface area contributed by atoms with Crippen LogP contribution in [0.1, 0.15) is 32.3 Å². The summed E-state index contributed by atoms with van der Waals surface area (Å²) in [7, 11) is -3.55. The fourth-order valence-corrected chi connectivity index (χ4v) is 2.69. The number of aliphatic hydroxyl groups is 1. The van der Waals surface area contributed by atoms with E-state index in [1.54, 1.807) is 6.07 Å². The highest BCUT2D eigenvalue weighted by atomic mass is 32.2. The topological polar surface area (TPSA) is 79.3 Å². The maximum Gasteiger partial charge on any atom is 0.258 e.